The second kappa shape index (κ2) is 12.0. The van der Waals surface area contributed by atoms with Crippen molar-refractivity contribution in [3.8, 4) is 17.6 Å². The molecule has 0 aromatic heterocycles. The Bertz CT molecular complexity index is 1390. The van der Waals surface area contributed by atoms with E-state index in [0.29, 0.717) is 23.8 Å². The van der Waals surface area contributed by atoms with Crippen molar-refractivity contribution < 1.29 is 22.3 Å². The first-order chi connectivity index (χ1) is 17.8. The number of unbranched alkanes of at least 4 members (excludes halogenated alkanes) is 2. The lowest BCUT2D eigenvalue weighted by molar-refractivity contribution is -0.274. The Balaban J connectivity index is 1.41. The molecule has 0 fully saturated rings. The number of hydrogen-bond donors (Lipinski definition) is 0. The highest BCUT2D eigenvalue weighted by Gasteiger charge is 2.30. The summed E-state index contributed by atoms with van der Waals surface area (Å²) in [6.45, 7) is 2.20. The van der Waals surface area contributed by atoms with Crippen LogP contribution in [0.4, 0.5) is 17.6 Å². The zero-order valence-electron chi connectivity index (χ0n) is 20.7. The molecule has 0 aliphatic heterocycles. The zero-order chi connectivity index (χ0) is 26.3. The van der Waals surface area contributed by atoms with Crippen molar-refractivity contribution in [2.24, 2.45) is 0 Å². The molecule has 0 aliphatic rings. The van der Waals surface area contributed by atoms with Gasteiger partial charge >= 0.3 is 6.36 Å². The topological polar surface area (TPSA) is 9.23 Å². The number of ether oxygens (including phenoxy) is 1. The first-order valence-corrected chi connectivity index (χ1v) is 12.5. The minimum absolute atomic E-state index is 0.272. The highest BCUT2D eigenvalue weighted by Crippen LogP contribution is 2.25. The molecule has 0 atom stereocenters. The highest BCUT2D eigenvalue weighted by molar-refractivity contribution is 5.85. The Morgan fingerprint density at radius 3 is 2.05 bits per heavy atom. The Labute approximate surface area is 215 Å². The van der Waals surface area contributed by atoms with E-state index >= 15 is 4.39 Å². The van der Waals surface area contributed by atoms with Gasteiger partial charge in [0.2, 0.25) is 0 Å². The van der Waals surface area contributed by atoms with Gasteiger partial charge in [0, 0.05) is 16.5 Å². The fourth-order valence-electron chi connectivity index (χ4n) is 4.22. The van der Waals surface area contributed by atoms with Crippen molar-refractivity contribution in [3.63, 3.8) is 0 Å². The standard InChI is InChI=1S/C32H28F4O/c1-2-3-4-5-23-6-8-24(9-7-23)10-11-26-15-21-30-28(22-26)18-17-27(31(30)33)16-12-25-13-19-29(20-14-25)37-32(34,35)36/h6-9,13-15,17-22H,2-5,12,16H2,1H3. The second-order valence-corrected chi connectivity index (χ2v) is 9.07. The molecule has 0 saturated heterocycles. The van der Waals surface area contributed by atoms with Gasteiger partial charge in [0.05, 0.1) is 0 Å². The van der Waals surface area contributed by atoms with Crippen LogP contribution in [-0.2, 0) is 19.3 Å². The largest absolute Gasteiger partial charge is 0.573 e. The van der Waals surface area contributed by atoms with Gasteiger partial charge in [-0.25, -0.2) is 4.39 Å². The Kier molecular flexibility index (Phi) is 8.50. The minimum atomic E-state index is -4.72. The summed E-state index contributed by atoms with van der Waals surface area (Å²) in [6, 6.07) is 23.1. The Hall–Kier alpha value is -3.78. The van der Waals surface area contributed by atoms with E-state index in [1.807, 2.05) is 30.3 Å². The lowest BCUT2D eigenvalue weighted by atomic mass is 9.99. The number of fused-ring (bicyclic) bond motifs is 1. The molecule has 0 spiro atoms. The molecule has 0 bridgehead atoms. The van der Waals surface area contributed by atoms with Gasteiger partial charge in [-0.3, -0.25) is 0 Å². The summed E-state index contributed by atoms with van der Waals surface area (Å²) in [4.78, 5) is 0. The summed E-state index contributed by atoms with van der Waals surface area (Å²) < 4.78 is 56.0. The molecule has 4 aromatic carbocycles. The van der Waals surface area contributed by atoms with Gasteiger partial charge in [0.1, 0.15) is 11.6 Å². The van der Waals surface area contributed by atoms with Crippen molar-refractivity contribution in [1.82, 2.24) is 0 Å². The monoisotopic (exact) mass is 504 g/mol. The average molecular weight is 505 g/mol. The van der Waals surface area contributed by atoms with E-state index in [2.05, 4.69) is 35.6 Å². The van der Waals surface area contributed by atoms with Crippen LogP contribution in [0.25, 0.3) is 10.8 Å². The summed E-state index contributed by atoms with van der Waals surface area (Å²) in [5, 5.41) is 1.29. The molecule has 0 unspecified atom stereocenters. The van der Waals surface area contributed by atoms with Gasteiger partial charge in [-0.1, -0.05) is 74.1 Å². The van der Waals surface area contributed by atoms with Crippen LogP contribution in [0.2, 0.25) is 0 Å². The summed E-state index contributed by atoms with van der Waals surface area (Å²) in [5.74, 6) is 5.80. The maximum absolute atomic E-state index is 15.2. The van der Waals surface area contributed by atoms with Crippen LogP contribution < -0.4 is 4.74 Å². The number of hydrogen-bond acceptors (Lipinski definition) is 1. The summed E-state index contributed by atoms with van der Waals surface area (Å²) in [5.41, 5.74) is 4.43. The third-order valence-corrected chi connectivity index (χ3v) is 6.25. The van der Waals surface area contributed by atoms with E-state index in [1.54, 1.807) is 24.3 Å². The fraction of sp³-hybridized carbons (Fsp3) is 0.250. The molecular weight excluding hydrogens is 476 g/mol. The molecule has 0 saturated carbocycles. The van der Waals surface area contributed by atoms with Crippen molar-refractivity contribution in [2.75, 3.05) is 0 Å². The molecule has 0 heterocycles. The molecule has 0 N–H and O–H groups in total. The van der Waals surface area contributed by atoms with Crippen molar-refractivity contribution >= 4 is 10.8 Å². The third-order valence-electron chi connectivity index (χ3n) is 6.25. The molecule has 190 valence electrons. The summed E-state index contributed by atoms with van der Waals surface area (Å²) in [7, 11) is 0. The second-order valence-electron chi connectivity index (χ2n) is 9.07. The van der Waals surface area contributed by atoms with Gasteiger partial charge in [0.15, 0.2) is 0 Å². The molecule has 0 aliphatic carbocycles. The van der Waals surface area contributed by atoms with E-state index in [9.17, 15) is 13.2 Å². The molecule has 5 heteroatoms. The summed E-state index contributed by atoms with van der Waals surface area (Å²) >= 11 is 0. The lowest BCUT2D eigenvalue weighted by Gasteiger charge is -2.10. The van der Waals surface area contributed by atoms with Crippen molar-refractivity contribution in [2.45, 2.75) is 51.8 Å². The van der Waals surface area contributed by atoms with Gasteiger partial charge in [-0.2, -0.15) is 0 Å². The smallest absolute Gasteiger partial charge is 0.406 e. The Morgan fingerprint density at radius 2 is 1.35 bits per heavy atom. The van der Waals surface area contributed by atoms with Crippen molar-refractivity contribution in [3.05, 3.63) is 112 Å². The molecule has 4 aromatic rings. The molecule has 37 heavy (non-hydrogen) atoms. The number of alkyl halides is 3. The number of rotatable bonds is 8. The van der Waals surface area contributed by atoms with Gasteiger partial charge in [-0.05, 0) is 84.2 Å². The SMILES string of the molecule is CCCCCc1ccc(C#Cc2ccc3c(F)c(CCc4ccc(OC(F)(F)F)cc4)ccc3c2)cc1. The van der Waals surface area contributed by atoms with Crippen LogP contribution >= 0.6 is 0 Å². The molecule has 4 rings (SSSR count). The van der Waals surface area contributed by atoms with Crippen LogP contribution in [0.15, 0.2) is 78.9 Å². The third kappa shape index (κ3) is 7.60. The quantitative estimate of drug-likeness (QED) is 0.132. The normalized spacial score (nSPS) is 11.3. The number of benzene rings is 4. The molecular formula is C32H28F4O. The van der Waals surface area contributed by atoms with E-state index in [1.165, 1.54) is 37.0 Å². The molecule has 1 nitrogen and oxygen atoms in total. The van der Waals surface area contributed by atoms with E-state index in [-0.39, 0.29) is 11.6 Å². The maximum atomic E-state index is 15.2. The summed E-state index contributed by atoms with van der Waals surface area (Å²) in [6.07, 6.45) is 0.937. The number of aryl methyl sites for hydroxylation is 3. The van der Waals surface area contributed by atoms with Crippen molar-refractivity contribution in [1.29, 1.82) is 0 Å². The maximum Gasteiger partial charge on any atom is 0.573 e. The zero-order valence-corrected chi connectivity index (χ0v) is 20.7. The fourth-order valence-corrected chi connectivity index (χ4v) is 4.22. The molecule has 0 radical (unpaired) electrons. The average Bonchev–Trinajstić information content (AvgIpc) is 2.88. The minimum Gasteiger partial charge on any atom is -0.406 e. The van der Waals surface area contributed by atoms with Crippen LogP contribution in [0.1, 0.15) is 54.0 Å². The van der Waals surface area contributed by atoms with E-state index in [0.717, 1.165) is 28.5 Å². The van der Waals surface area contributed by atoms with Gasteiger partial charge in [-0.15, -0.1) is 13.2 Å². The first kappa shape index (κ1) is 26.3. The van der Waals surface area contributed by atoms with Crippen LogP contribution in [0, 0.1) is 17.7 Å². The lowest BCUT2D eigenvalue weighted by Crippen LogP contribution is -2.17. The van der Waals surface area contributed by atoms with E-state index < -0.39 is 6.36 Å². The van der Waals surface area contributed by atoms with Crippen LogP contribution in [0.3, 0.4) is 0 Å². The highest BCUT2D eigenvalue weighted by atomic mass is 19.4. The predicted molar refractivity (Wildman–Crippen MR) is 140 cm³/mol. The van der Waals surface area contributed by atoms with Gasteiger partial charge in [0.25, 0.3) is 0 Å². The van der Waals surface area contributed by atoms with E-state index in [4.69, 9.17) is 0 Å². The predicted octanol–water partition coefficient (Wildman–Crippen LogP) is 8.80. The first-order valence-electron chi connectivity index (χ1n) is 12.5. The van der Waals surface area contributed by atoms with Crippen LogP contribution in [-0.4, -0.2) is 6.36 Å². The number of halogens is 4. The van der Waals surface area contributed by atoms with Gasteiger partial charge < -0.3 is 4.74 Å². The molecule has 0 amide bonds. The van der Waals surface area contributed by atoms with Crippen LogP contribution in [0.5, 0.6) is 5.75 Å². The Morgan fingerprint density at radius 1 is 0.703 bits per heavy atom.